The van der Waals surface area contributed by atoms with E-state index in [2.05, 4.69) is 25.4 Å². The first-order chi connectivity index (χ1) is 12.8. The number of nitrogens with zero attached hydrogens (tertiary/aromatic N) is 5. The van der Waals surface area contributed by atoms with Crippen LogP contribution in [0.3, 0.4) is 0 Å². The van der Waals surface area contributed by atoms with Gasteiger partial charge in [-0.1, -0.05) is 6.08 Å². The molecule has 140 valence electrons. The summed E-state index contributed by atoms with van der Waals surface area (Å²) < 4.78 is 29.0. The van der Waals surface area contributed by atoms with E-state index in [4.69, 9.17) is 0 Å². The highest BCUT2D eigenvalue weighted by molar-refractivity contribution is 5.82. The fraction of sp³-hybridized carbons (Fsp3) is 0.368. The lowest BCUT2D eigenvalue weighted by Gasteiger charge is -2.15. The van der Waals surface area contributed by atoms with Crippen molar-refractivity contribution >= 4 is 17.2 Å². The van der Waals surface area contributed by atoms with Gasteiger partial charge in [0.2, 0.25) is 5.95 Å². The van der Waals surface area contributed by atoms with Crippen LogP contribution in [0.25, 0.3) is 11.2 Å². The van der Waals surface area contributed by atoms with Gasteiger partial charge in [-0.2, -0.15) is 5.10 Å². The van der Waals surface area contributed by atoms with Crippen molar-refractivity contribution in [2.45, 2.75) is 39.0 Å². The van der Waals surface area contributed by atoms with E-state index in [0.29, 0.717) is 29.4 Å². The number of rotatable bonds is 5. The van der Waals surface area contributed by atoms with Crippen LogP contribution >= 0.6 is 0 Å². The van der Waals surface area contributed by atoms with Crippen LogP contribution in [0.5, 0.6) is 0 Å². The van der Waals surface area contributed by atoms with Crippen molar-refractivity contribution in [3.8, 4) is 0 Å². The highest BCUT2D eigenvalue weighted by Gasteiger charge is 2.22. The summed E-state index contributed by atoms with van der Waals surface area (Å²) in [5.74, 6) is 0.403. The molecule has 6 nitrogen and oxygen atoms in total. The molecule has 0 spiro atoms. The van der Waals surface area contributed by atoms with E-state index >= 15 is 0 Å². The lowest BCUT2D eigenvalue weighted by molar-refractivity contribution is 0.234. The van der Waals surface area contributed by atoms with Crippen LogP contribution in [0.15, 0.2) is 30.6 Å². The Morgan fingerprint density at radius 3 is 2.81 bits per heavy atom. The highest BCUT2D eigenvalue weighted by Crippen LogP contribution is 2.31. The molecular weight excluding hydrogens is 350 g/mol. The normalized spacial score (nSPS) is 14.9. The molecular formula is C19H20F2N6. The van der Waals surface area contributed by atoms with Crippen molar-refractivity contribution in [3.63, 3.8) is 0 Å². The zero-order valence-electron chi connectivity index (χ0n) is 15.4. The zero-order chi connectivity index (χ0) is 19.2. The Kier molecular flexibility index (Phi) is 4.13. The van der Waals surface area contributed by atoms with E-state index in [1.165, 1.54) is 31.5 Å². The van der Waals surface area contributed by atoms with Crippen molar-refractivity contribution in [1.82, 2.24) is 24.6 Å². The first kappa shape index (κ1) is 17.5. The summed E-state index contributed by atoms with van der Waals surface area (Å²) in [7, 11) is 0. The van der Waals surface area contributed by atoms with Crippen molar-refractivity contribution in [3.05, 3.63) is 53.2 Å². The molecule has 0 saturated carbocycles. The number of anilines is 1. The number of nitrogens with one attached hydrogen (secondary N) is 1. The first-order valence-electron chi connectivity index (χ1n) is 8.80. The Morgan fingerprint density at radius 2 is 2.07 bits per heavy atom. The Morgan fingerprint density at radius 1 is 1.26 bits per heavy atom. The van der Waals surface area contributed by atoms with E-state index in [-0.39, 0.29) is 6.54 Å². The lowest BCUT2D eigenvalue weighted by atomic mass is 10.1. The minimum absolute atomic E-state index is 0.134. The number of hydrogen-bond acceptors (Lipinski definition) is 5. The average Bonchev–Trinajstić information content (AvgIpc) is 3.22. The summed E-state index contributed by atoms with van der Waals surface area (Å²) in [5, 5.41) is 7.47. The van der Waals surface area contributed by atoms with Gasteiger partial charge >= 0.3 is 0 Å². The summed E-state index contributed by atoms with van der Waals surface area (Å²) in [6.45, 7) is 4.59. The standard InChI is InChI=1S/C19H20F2N6/c1-11(20)16-9-22-17-7-6-15(26-27(16)17)12-4-5-14-13(12)8-23-18(25-14)24-10-19(2,3)21/h4,6-9,11H,5,10H2,1-3H3,(H,23,24,25). The number of alkyl halides is 2. The average molecular weight is 370 g/mol. The molecule has 1 aliphatic carbocycles. The molecule has 1 unspecified atom stereocenters. The minimum Gasteiger partial charge on any atom is -0.351 e. The van der Waals surface area contributed by atoms with Crippen LogP contribution < -0.4 is 5.32 Å². The lowest BCUT2D eigenvalue weighted by Crippen LogP contribution is -2.25. The van der Waals surface area contributed by atoms with Crippen LogP contribution in [-0.4, -0.2) is 36.8 Å². The van der Waals surface area contributed by atoms with E-state index in [9.17, 15) is 8.78 Å². The van der Waals surface area contributed by atoms with E-state index in [0.717, 1.165) is 16.8 Å². The molecule has 3 aromatic heterocycles. The Bertz CT molecular complexity index is 1030. The predicted molar refractivity (Wildman–Crippen MR) is 99.0 cm³/mol. The molecule has 1 aliphatic rings. The van der Waals surface area contributed by atoms with Crippen LogP contribution in [0.1, 0.15) is 49.6 Å². The third-order valence-corrected chi connectivity index (χ3v) is 4.40. The number of imidazole rings is 1. The van der Waals surface area contributed by atoms with Crippen molar-refractivity contribution < 1.29 is 8.78 Å². The van der Waals surface area contributed by atoms with Gasteiger partial charge in [0.25, 0.3) is 0 Å². The molecule has 27 heavy (non-hydrogen) atoms. The van der Waals surface area contributed by atoms with E-state index < -0.39 is 11.8 Å². The molecule has 8 heteroatoms. The van der Waals surface area contributed by atoms with Gasteiger partial charge in [0, 0.05) is 23.8 Å². The number of halogens is 2. The SMILES string of the molecule is CC(F)c1cnc2ccc(C3=CCc4nc(NCC(C)(C)F)ncc43)nn12. The smallest absolute Gasteiger partial charge is 0.223 e. The Labute approximate surface area is 155 Å². The third kappa shape index (κ3) is 3.39. The molecule has 3 aromatic rings. The second-order valence-electron chi connectivity index (χ2n) is 7.24. The molecule has 0 aromatic carbocycles. The van der Waals surface area contributed by atoms with Crippen LogP contribution in [0, 0.1) is 0 Å². The van der Waals surface area contributed by atoms with Gasteiger partial charge in [0.1, 0.15) is 11.8 Å². The van der Waals surface area contributed by atoms with E-state index in [1.54, 1.807) is 6.20 Å². The second kappa shape index (κ2) is 6.37. The topological polar surface area (TPSA) is 68.0 Å². The molecule has 0 aliphatic heterocycles. The molecule has 1 N–H and O–H groups in total. The van der Waals surface area contributed by atoms with Crippen molar-refractivity contribution in [1.29, 1.82) is 0 Å². The summed E-state index contributed by atoms with van der Waals surface area (Å²) >= 11 is 0. The Hall–Kier alpha value is -2.90. The monoisotopic (exact) mass is 370 g/mol. The van der Waals surface area contributed by atoms with Gasteiger partial charge in [-0.05, 0) is 32.9 Å². The van der Waals surface area contributed by atoms with Crippen LogP contribution in [0.4, 0.5) is 14.7 Å². The molecule has 0 saturated heterocycles. The fourth-order valence-corrected chi connectivity index (χ4v) is 3.03. The molecule has 1 atom stereocenters. The molecule has 4 rings (SSSR count). The van der Waals surface area contributed by atoms with Gasteiger partial charge in [0.15, 0.2) is 5.65 Å². The van der Waals surface area contributed by atoms with Gasteiger partial charge in [0.05, 0.1) is 29.8 Å². The maximum atomic E-state index is 13.8. The third-order valence-electron chi connectivity index (χ3n) is 4.40. The number of hydrogen-bond donors (Lipinski definition) is 1. The maximum absolute atomic E-state index is 13.8. The summed E-state index contributed by atoms with van der Waals surface area (Å²) in [4.78, 5) is 13.0. The molecule has 0 amide bonds. The van der Waals surface area contributed by atoms with Gasteiger partial charge in [-0.3, -0.25) is 0 Å². The largest absolute Gasteiger partial charge is 0.351 e. The summed E-state index contributed by atoms with van der Waals surface area (Å²) in [6, 6.07) is 3.67. The number of aromatic nitrogens is 5. The predicted octanol–water partition coefficient (Wildman–Crippen LogP) is 3.70. The Balaban J connectivity index is 1.64. The zero-order valence-corrected chi connectivity index (χ0v) is 15.4. The second-order valence-corrected chi connectivity index (χ2v) is 7.24. The molecule has 0 fully saturated rings. The molecule has 0 radical (unpaired) electrons. The van der Waals surface area contributed by atoms with Crippen LogP contribution in [-0.2, 0) is 6.42 Å². The maximum Gasteiger partial charge on any atom is 0.223 e. The summed E-state index contributed by atoms with van der Waals surface area (Å²) in [5.41, 5.74) is 3.00. The van der Waals surface area contributed by atoms with Crippen molar-refractivity contribution in [2.75, 3.05) is 11.9 Å². The minimum atomic E-state index is -1.35. The quantitative estimate of drug-likeness (QED) is 0.742. The van der Waals surface area contributed by atoms with Gasteiger partial charge < -0.3 is 5.32 Å². The summed E-state index contributed by atoms with van der Waals surface area (Å²) in [6.07, 6.45) is 4.71. The van der Waals surface area contributed by atoms with Crippen molar-refractivity contribution in [2.24, 2.45) is 0 Å². The van der Waals surface area contributed by atoms with Gasteiger partial charge in [-0.25, -0.2) is 28.2 Å². The molecule has 0 bridgehead atoms. The number of fused-ring (bicyclic) bond motifs is 2. The van der Waals surface area contributed by atoms with Gasteiger partial charge in [-0.15, -0.1) is 0 Å². The number of allylic oxidation sites excluding steroid dienone is 1. The first-order valence-corrected chi connectivity index (χ1v) is 8.80. The fourth-order valence-electron chi connectivity index (χ4n) is 3.03. The van der Waals surface area contributed by atoms with Crippen LogP contribution in [0.2, 0.25) is 0 Å². The highest BCUT2D eigenvalue weighted by atomic mass is 19.1. The van der Waals surface area contributed by atoms with E-state index in [1.807, 2.05) is 18.2 Å². The molecule has 3 heterocycles.